The Hall–Kier alpha value is -1.07. The van der Waals surface area contributed by atoms with Gasteiger partial charge >= 0.3 is 0 Å². The third kappa shape index (κ3) is 4.75. The number of nitrogens with one attached hydrogen (secondary N) is 2. The van der Waals surface area contributed by atoms with Gasteiger partial charge in [0.25, 0.3) is 0 Å². The van der Waals surface area contributed by atoms with Crippen LogP contribution in [0, 0.1) is 5.92 Å². The molecule has 1 rings (SSSR count). The molecule has 0 saturated heterocycles. The minimum atomic E-state index is -0.000920. The smallest absolute Gasteiger partial charge is 0.233 e. The third-order valence-corrected chi connectivity index (χ3v) is 2.65. The number of halogens is 1. The van der Waals surface area contributed by atoms with E-state index in [0.717, 1.165) is 5.82 Å². The van der Waals surface area contributed by atoms with Crippen LogP contribution in [-0.2, 0) is 18.4 Å². The highest BCUT2D eigenvalue weighted by Gasteiger charge is 2.05. The van der Waals surface area contributed by atoms with Gasteiger partial charge in [0.1, 0.15) is 11.0 Å². The second-order valence-electron chi connectivity index (χ2n) is 4.36. The van der Waals surface area contributed by atoms with E-state index in [4.69, 9.17) is 11.6 Å². The van der Waals surface area contributed by atoms with Crippen LogP contribution in [0.1, 0.15) is 19.7 Å². The Kier molecular flexibility index (Phi) is 5.44. The SMILES string of the molecule is CC(C)CNC(=O)CNCc1ncc(Cl)n1C. The number of rotatable bonds is 6. The molecule has 2 N–H and O–H groups in total. The number of amides is 1. The third-order valence-electron chi connectivity index (χ3n) is 2.30. The van der Waals surface area contributed by atoms with Crippen molar-refractivity contribution in [3.8, 4) is 0 Å². The molecule has 0 aliphatic carbocycles. The van der Waals surface area contributed by atoms with Crippen LogP contribution in [0.15, 0.2) is 6.20 Å². The molecule has 0 fully saturated rings. The average molecular weight is 259 g/mol. The van der Waals surface area contributed by atoms with E-state index < -0.39 is 0 Å². The minimum Gasteiger partial charge on any atom is -0.355 e. The number of hydrogen-bond donors (Lipinski definition) is 2. The first-order chi connectivity index (χ1) is 8.00. The molecule has 5 nitrogen and oxygen atoms in total. The molecular weight excluding hydrogens is 240 g/mol. The Labute approximate surface area is 107 Å². The summed E-state index contributed by atoms with van der Waals surface area (Å²) in [5.41, 5.74) is 0. The lowest BCUT2D eigenvalue weighted by Crippen LogP contribution is -2.35. The van der Waals surface area contributed by atoms with Crippen molar-refractivity contribution in [2.45, 2.75) is 20.4 Å². The summed E-state index contributed by atoms with van der Waals surface area (Å²) in [7, 11) is 1.84. The molecule has 0 aromatic carbocycles. The molecule has 0 unspecified atom stereocenters. The van der Waals surface area contributed by atoms with Gasteiger partial charge in [0.2, 0.25) is 5.91 Å². The number of carbonyl (C=O) groups is 1. The van der Waals surface area contributed by atoms with Gasteiger partial charge in [-0.1, -0.05) is 25.4 Å². The normalized spacial score (nSPS) is 10.9. The van der Waals surface area contributed by atoms with E-state index in [1.165, 1.54) is 0 Å². The molecule has 0 bridgehead atoms. The zero-order valence-electron chi connectivity index (χ0n) is 10.5. The number of hydrogen-bond acceptors (Lipinski definition) is 3. The van der Waals surface area contributed by atoms with Crippen LogP contribution >= 0.6 is 11.6 Å². The molecule has 0 aliphatic heterocycles. The first-order valence-corrected chi connectivity index (χ1v) is 6.02. The molecule has 1 aromatic heterocycles. The van der Waals surface area contributed by atoms with E-state index in [1.54, 1.807) is 10.8 Å². The van der Waals surface area contributed by atoms with Crippen LogP contribution in [-0.4, -0.2) is 28.5 Å². The first kappa shape index (κ1) is 14.0. The lowest BCUT2D eigenvalue weighted by atomic mass is 10.2. The van der Waals surface area contributed by atoms with Crippen molar-refractivity contribution in [2.75, 3.05) is 13.1 Å². The molecule has 0 aliphatic rings. The van der Waals surface area contributed by atoms with Crippen molar-refractivity contribution in [1.29, 1.82) is 0 Å². The highest BCUT2D eigenvalue weighted by atomic mass is 35.5. The summed E-state index contributed by atoms with van der Waals surface area (Å²) in [5.74, 6) is 1.28. The van der Waals surface area contributed by atoms with E-state index in [2.05, 4.69) is 29.5 Å². The zero-order valence-corrected chi connectivity index (χ0v) is 11.2. The topological polar surface area (TPSA) is 59.0 Å². The second kappa shape index (κ2) is 6.61. The lowest BCUT2D eigenvalue weighted by molar-refractivity contribution is -0.120. The molecule has 1 amide bonds. The summed E-state index contributed by atoms with van der Waals surface area (Å²) in [6.45, 7) is 5.64. The summed E-state index contributed by atoms with van der Waals surface area (Å²) in [5, 5.41) is 6.45. The van der Waals surface area contributed by atoms with Crippen LogP contribution in [0.5, 0.6) is 0 Å². The standard InChI is InChI=1S/C11H19ClN4O/c1-8(2)4-15-11(17)7-13-6-10-14-5-9(12)16(10)3/h5,8,13H,4,6-7H2,1-3H3,(H,15,17). The molecular formula is C11H19ClN4O. The molecule has 0 spiro atoms. The second-order valence-corrected chi connectivity index (χ2v) is 4.74. The summed E-state index contributed by atoms with van der Waals surface area (Å²) in [6, 6.07) is 0. The van der Waals surface area contributed by atoms with Crippen LogP contribution in [0.3, 0.4) is 0 Å². The fourth-order valence-electron chi connectivity index (χ4n) is 1.26. The van der Waals surface area contributed by atoms with Crippen molar-refractivity contribution in [3.63, 3.8) is 0 Å². The minimum absolute atomic E-state index is 0.000920. The van der Waals surface area contributed by atoms with Crippen LogP contribution < -0.4 is 10.6 Å². The van der Waals surface area contributed by atoms with E-state index in [-0.39, 0.29) is 12.5 Å². The lowest BCUT2D eigenvalue weighted by Gasteiger charge is -2.08. The Morgan fingerprint density at radius 3 is 2.82 bits per heavy atom. The fourth-order valence-corrected chi connectivity index (χ4v) is 1.40. The number of nitrogens with zero attached hydrogens (tertiary/aromatic N) is 2. The molecule has 1 aromatic rings. The molecule has 0 atom stereocenters. The largest absolute Gasteiger partial charge is 0.355 e. The van der Waals surface area contributed by atoms with E-state index in [0.29, 0.717) is 24.2 Å². The maximum absolute atomic E-state index is 11.4. The molecule has 17 heavy (non-hydrogen) atoms. The monoisotopic (exact) mass is 258 g/mol. The number of aromatic nitrogens is 2. The van der Waals surface area contributed by atoms with E-state index in [1.807, 2.05) is 7.05 Å². The molecule has 6 heteroatoms. The fraction of sp³-hybridized carbons (Fsp3) is 0.636. The van der Waals surface area contributed by atoms with E-state index in [9.17, 15) is 4.79 Å². The van der Waals surface area contributed by atoms with Crippen LogP contribution in [0.25, 0.3) is 0 Å². The molecule has 96 valence electrons. The van der Waals surface area contributed by atoms with Gasteiger partial charge in [-0.25, -0.2) is 4.98 Å². The Morgan fingerprint density at radius 1 is 1.59 bits per heavy atom. The van der Waals surface area contributed by atoms with Crippen molar-refractivity contribution < 1.29 is 4.79 Å². The van der Waals surface area contributed by atoms with Crippen molar-refractivity contribution in [1.82, 2.24) is 20.2 Å². The van der Waals surface area contributed by atoms with Crippen molar-refractivity contribution in [3.05, 3.63) is 17.2 Å². The zero-order chi connectivity index (χ0) is 12.8. The van der Waals surface area contributed by atoms with Crippen molar-refractivity contribution >= 4 is 17.5 Å². The van der Waals surface area contributed by atoms with Crippen LogP contribution in [0.2, 0.25) is 5.15 Å². The highest BCUT2D eigenvalue weighted by molar-refractivity contribution is 6.29. The van der Waals surface area contributed by atoms with Gasteiger partial charge in [0.05, 0.1) is 19.3 Å². The maximum atomic E-state index is 11.4. The summed E-state index contributed by atoms with van der Waals surface area (Å²) in [4.78, 5) is 15.5. The van der Waals surface area contributed by atoms with Gasteiger partial charge in [0.15, 0.2) is 0 Å². The van der Waals surface area contributed by atoms with Gasteiger partial charge < -0.3 is 15.2 Å². The summed E-state index contributed by atoms with van der Waals surface area (Å²) in [6.07, 6.45) is 1.59. The highest BCUT2D eigenvalue weighted by Crippen LogP contribution is 2.08. The predicted molar refractivity (Wildman–Crippen MR) is 67.8 cm³/mol. The van der Waals surface area contributed by atoms with Crippen LogP contribution in [0.4, 0.5) is 0 Å². The summed E-state index contributed by atoms with van der Waals surface area (Å²) < 4.78 is 1.78. The number of carbonyl (C=O) groups excluding carboxylic acids is 1. The van der Waals surface area contributed by atoms with Gasteiger partial charge in [-0.2, -0.15) is 0 Å². The van der Waals surface area contributed by atoms with Gasteiger partial charge in [-0.05, 0) is 5.92 Å². The van der Waals surface area contributed by atoms with Gasteiger partial charge in [0, 0.05) is 13.6 Å². The van der Waals surface area contributed by atoms with Crippen molar-refractivity contribution in [2.24, 2.45) is 13.0 Å². The predicted octanol–water partition coefficient (Wildman–Crippen LogP) is 0.935. The Balaban J connectivity index is 2.24. The van der Waals surface area contributed by atoms with Gasteiger partial charge in [-0.15, -0.1) is 0 Å². The molecule has 0 saturated carbocycles. The Morgan fingerprint density at radius 2 is 2.29 bits per heavy atom. The maximum Gasteiger partial charge on any atom is 0.233 e. The van der Waals surface area contributed by atoms with E-state index >= 15 is 0 Å². The average Bonchev–Trinajstić information content (AvgIpc) is 2.58. The molecule has 0 radical (unpaired) electrons. The Bertz CT molecular complexity index is 376. The number of imidazole rings is 1. The molecule has 1 heterocycles. The van der Waals surface area contributed by atoms with Gasteiger partial charge in [-0.3, -0.25) is 4.79 Å². The summed E-state index contributed by atoms with van der Waals surface area (Å²) >= 11 is 5.85. The first-order valence-electron chi connectivity index (χ1n) is 5.64. The quantitative estimate of drug-likeness (QED) is 0.798.